The summed E-state index contributed by atoms with van der Waals surface area (Å²) in [6.45, 7) is 10.8. The number of allylic oxidation sites excluding steroid dienone is 4. The van der Waals surface area contributed by atoms with Crippen LogP contribution in [0.25, 0.3) is 0 Å². The molecular formula is C28H40O6. The monoisotopic (exact) mass is 472 g/mol. The van der Waals surface area contributed by atoms with E-state index in [-0.39, 0.29) is 23.7 Å². The average Bonchev–Trinajstić information content (AvgIpc) is 3.01. The van der Waals surface area contributed by atoms with Crippen LogP contribution in [-0.4, -0.2) is 46.2 Å². The molecule has 2 N–H and O–H groups in total. The van der Waals surface area contributed by atoms with Crippen molar-refractivity contribution in [1.82, 2.24) is 0 Å². The summed E-state index contributed by atoms with van der Waals surface area (Å²) in [5.74, 6) is 1.00. The summed E-state index contributed by atoms with van der Waals surface area (Å²) in [5, 5.41) is 20.0. The maximum Gasteiger partial charge on any atom is 0.167 e. The molecule has 6 heteroatoms. The number of hydrogen-bond acceptors (Lipinski definition) is 6. The molecule has 1 aromatic rings. The van der Waals surface area contributed by atoms with E-state index in [1.807, 2.05) is 26.8 Å². The van der Waals surface area contributed by atoms with Gasteiger partial charge in [-0.3, -0.25) is 9.59 Å². The molecular weight excluding hydrogens is 432 g/mol. The zero-order chi connectivity index (χ0) is 25.7. The number of aromatic hydroxyl groups is 1. The third kappa shape index (κ3) is 7.54. The molecule has 0 amide bonds. The minimum atomic E-state index is -1.05. The molecule has 1 saturated heterocycles. The minimum absolute atomic E-state index is 0.0247. The number of aryl methyl sites for hydroxylation is 1. The molecule has 0 aliphatic carbocycles. The van der Waals surface area contributed by atoms with Gasteiger partial charge in [-0.15, -0.1) is 0 Å². The van der Waals surface area contributed by atoms with Crippen LogP contribution in [0.5, 0.6) is 11.5 Å². The van der Waals surface area contributed by atoms with Crippen LogP contribution in [0, 0.1) is 6.92 Å². The average molecular weight is 473 g/mol. The first kappa shape index (κ1) is 27.8. The molecule has 1 fully saturated rings. The molecule has 0 radical (unpaired) electrons. The van der Waals surface area contributed by atoms with E-state index in [4.69, 9.17) is 9.47 Å². The van der Waals surface area contributed by atoms with Crippen molar-refractivity contribution in [2.45, 2.75) is 97.4 Å². The Morgan fingerprint density at radius 2 is 1.97 bits per heavy atom. The van der Waals surface area contributed by atoms with Crippen molar-refractivity contribution in [3.8, 4) is 11.5 Å². The number of carbonyl (C=O) groups is 2. The molecule has 1 heterocycles. The molecule has 34 heavy (non-hydrogen) atoms. The minimum Gasteiger partial charge on any atom is -0.508 e. The molecule has 0 unspecified atom stereocenters. The van der Waals surface area contributed by atoms with Crippen molar-refractivity contribution in [2.24, 2.45) is 0 Å². The lowest BCUT2D eigenvalue weighted by molar-refractivity contribution is -0.141. The summed E-state index contributed by atoms with van der Waals surface area (Å²) < 4.78 is 11.4. The maximum absolute atomic E-state index is 12.5. The number of hydrogen-bond donors (Lipinski definition) is 2. The zero-order valence-electron chi connectivity index (χ0n) is 21.7. The van der Waals surface area contributed by atoms with Crippen molar-refractivity contribution in [2.75, 3.05) is 7.11 Å². The Labute approximate surface area is 203 Å². The first-order valence-electron chi connectivity index (χ1n) is 11.9. The Kier molecular flexibility index (Phi) is 9.26. The second-order valence-corrected chi connectivity index (χ2v) is 10.3. The maximum atomic E-state index is 12.5. The fourth-order valence-corrected chi connectivity index (χ4v) is 4.40. The van der Waals surface area contributed by atoms with Gasteiger partial charge >= 0.3 is 0 Å². The van der Waals surface area contributed by atoms with Gasteiger partial charge in [0.1, 0.15) is 17.1 Å². The number of ether oxygens (including phenoxy) is 2. The highest BCUT2D eigenvalue weighted by molar-refractivity contribution is 5.92. The van der Waals surface area contributed by atoms with E-state index in [1.165, 1.54) is 0 Å². The van der Waals surface area contributed by atoms with Gasteiger partial charge in [0.15, 0.2) is 11.6 Å². The quantitative estimate of drug-likeness (QED) is 0.341. The summed E-state index contributed by atoms with van der Waals surface area (Å²) in [4.78, 5) is 24.9. The molecule has 1 aromatic carbocycles. The predicted octanol–water partition coefficient (Wildman–Crippen LogP) is 5.16. The van der Waals surface area contributed by atoms with Crippen LogP contribution in [0.3, 0.4) is 0 Å². The van der Waals surface area contributed by atoms with Crippen molar-refractivity contribution >= 4 is 11.6 Å². The molecule has 1 aliphatic heterocycles. The zero-order valence-corrected chi connectivity index (χ0v) is 21.7. The van der Waals surface area contributed by atoms with Gasteiger partial charge in [0, 0.05) is 18.4 Å². The summed E-state index contributed by atoms with van der Waals surface area (Å²) in [6.07, 6.45) is 6.28. The van der Waals surface area contributed by atoms with Crippen LogP contribution < -0.4 is 4.74 Å². The first-order chi connectivity index (χ1) is 15.7. The highest BCUT2D eigenvalue weighted by Crippen LogP contribution is 2.36. The molecule has 188 valence electrons. The van der Waals surface area contributed by atoms with Crippen LogP contribution in [0.2, 0.25) is 0 Å². The third-order valence-electron chi connectivity index (χ3n) is 6.45. The molecule has 0 spiro atoms. The van der Waals surface area contributed by atoms with Gasteiger partial charge in [0.2, 0.25) is 0 Å². The number of phenols is 1. The van der Waals surface area contributed by atoms with Gasteiger partial charge in [0.05, 0.1) is 18.8 Å². The molecule has 0 saturated carbocycles. The molecule has 0 bridgehead atoms. The van der Waals surface area contributed by atoms with E-state index in [0.717, 1.165) is 34.4 Å². The van der Waals surface area contributed by atoms with Crippen LogP contribution in [0.4, 0.5) is 0 Å². The number of ketones is 2. The number of carbonyl (C=O) groups excluding carboxylic acids is 2. The van der Waals surface area contributed by atoms with Gasteiger partial charge in [-0.25, -0.2) is 0 Å². The van der Waals surface area contributed by atoms with E-state index < -0.39 is 17.3 Å². The van der Waals surface area contributed by atoms with Gasteiger partial charge in [-0.05, 0) is 91.0 Å². The van der Waals surface area contributed by atoms with E-state index in [2.05, 4.69) is 0 Å². The van der Waals surface area contributed by atoms with E-state index in [9.17, 15) is 19.8 Å². The van der Waals surface area contributed by atoms with Crippen molar-refractivity contribution in [3.63, 3.8) is 0 Å². The standard InChI is InChI=1S/C28H40O6/c1-18(9-8-12-28(6)24(31)17-25(34-28)27(4,5)32)13-22(29)14-19(2)10-11-21-16-23(30)15-20(3)26(21)33-7/h10,13,15-16,25,30,32H,8-9,11-12,14,17H2,1-7H3/b18-13-,19-10+/t25-,28-/m1/s1. The van der Waals surface area contributed by atoms with E-state index in [1.54, 1.807) is 46.1 Å². The van der Waals surface area contributed by atoms with Crippen molar-refractivity contribution in [3.05, 3.63) is 46.6 Å². The molecule has 0 aromatic heterocycles. The van der Waals surface area contributed by atoms with Crippen LogP contribution in [-0.2, 0) is 20.7 Å². The van der Waals surface area contributed by atoms with E-state index in [0.29, 0.717) is 25.7 Å². The predicted molar refractivity (Wildman–Crippen MR) is 133 cm³/mol. The Hall–Kier alpha value is -2.44. The number of benzene rings is 1. The Balaban J connectivity index is 1.87. The summed E-state index contributed by atoms with van der Waals surface area (Å²) in [5.41, 5.74) is 1.74. The normalized spacial score (nSPS) is 21.8. The lowest BCUT2D eigenvalue weighted by Gasteiger charge is -2.28. The fraction of sp³-hybridized carbons (Fsp3) is 0.571. The number of methoxy groups -OCH3 is 1. The second kappa shape index (κ2) is 11.3. The molecule has 6 nitrogen and oxygen atoms in total. The highest BCUT2D eigenvalue weighted by Gasteiger charge is 2.48. The van der Waals surface area contributed by atoms with Crippen LogP contribution >= 0.6 is 0 Å². The molecule has 2 rings (SSSR count). The Bertz CT molecular complexity index is 966. The Morgan fingerprint density at radius 3 is 2.56 bits per heavy atom. The number of rotatable bonds is 11. The lowest BCUT2D eigenvalue weighted by Crippen LogP contribution is -2.38. The Morgan fingerprint density at radius 1 is 1.29 bits per heavy atom. The van der Waals surface area contributed by atoms with Gasteiger partial charge in [-0.1, -0.05) is 17.2 Å². The second-order valence-electron chi connectivity index (χ2n) is 10.3. The molecule has 1 aliphatic rings. The van der Waals surface area contributed by atoms with Crippen molar-refractivity contribution < 1.29 is 29.3 Å². The number of aliphatic hydroxyl groups is 1. The third-order valence-corrected chi connectivity index (χ3v) is 6.45. The molecule has 2 atom stereocenters. The van der Waals surface area contributed by atoms with Gasteiger partial charge in [-0.2, -0.15) is 0 Å². The topological polar surface area (TPSA) is 93.1 Å². The number of Topliss-reactive ketones (excluding diaryl/α,β-unsaturated/α-hetero) is 1. The van der Waals surface area contributed by atoms with Crippen molar-refractivity contribution in [1.29, 1.82) is 0 Å². The highest BCUT2D eigenvalue weighted by atomic mass is 16.5. The largest absolute Gasteiger partial charge is 0.508 e. The lowest BCUT2D eigenvalue weighted by atomic mass is 9.91. The van der Waals surface area contributed by atoms with Crippen LogP contribution in [0.1, 0.15) is 77.8 Å². The van der Waals surface area contributed by atoms with Crippen LogP contribution in [0.15, 0.2) is 35.4 Å². The van der Waals surface area contributed by atoms with Gasteiger partial charge < -0.3 is 19.7 Å². The number of phenolic OH excluding ortho intramolecular Hbond substituents is 1. The van der Waals surface area contributed by atoms with Gasteiger partial charge in [0.25, 0.3) is 0 Å². The smallest absolute Gasteiger partial charge is 0.167 e. The van der Waals surface area contributed by atoms with E-state index >= 15 is 0 Å². The first-order valence-corrected chi connectivity index (χ1v) is 11.9. The fourth-order valence-electron chi connectivity index (χ4n) is 4.40. The summed E-state index contributed by atoms with van der Waals surface area (Å²) in [6, 6.07) is 3.35. The summed E-state index contributed by atoms with van der Waals surface area (Å²) >= 11 is 0. The SMILES string of the molecule is COc1c(C)cc(O)cc1C/C=C(\C)CC(=O)/C=C(/C)CCC[C@@]1(C)O[C@@H](C(C)(C)O)CC1=O. The summed E-state index contributed by atoms with van der Waals surface area (Å²) in [7, 11) is 1.61.